The number of thioether (sulfide) groups is 1. The smallest absolute Gasteiger partial charge is 0.334 e. The van der Waals surface area contributed by atoms with Crippen molar-refractivity contribution >= 4 is 17.7 Å². The zero-order chi connectivity index (χ0) is 8.20. The van der Waals surface area contributed by atoms with E-state index in [1.54, 1.807) is 6.26 Å². The number of hydrogen-bond acceptors (Lipinski definition) is 3. The first-order valence-electron chi connectivity index (χ1n) is 3.14. The monoisotopic (exact) mass is 163 g/mol. The molecule has 0 rings (SSSR count). The Hall–Kier alpha value is -0.220. The molecular formula is C6H13NO2S. The fourth-order valence-electron chi connectivity index (χ4n) is 0.668. The van der Waals surface area contributed by atoms with Crippen LogP contribution >= 0.6 is 11.8 Å². The van der Waals surface area contributed by atoms with Gasteiger partial charge < -0.3 is 10.8 Å². The van der Waals surface area contributed by atoms with Crippen LogP contribution in [0.2, 0.25) is 0 Å². The molecule has 0 aliphatic heterocycles. The molecule has 1 unspecified atom stereocenters. The van der Waals surface area contributed by atoms with Gasteiger partial charge in [0.05, 0.1) is 0 Å². The predicted molar refractivity (Wildman–Crippen MR) is 43.0 cm³/mol. The lowest BCUT2D eigenvalue weighted by Gasteiger charge is -2.20. The average Bonchev–Trinajstić information content (AvgIpc) is 1.88. The van der Waals surface area contributed by atoms with Crippen LogP contribution in [0.15, 0.2) is 0 Å². The molecule has 0 aliphatic rings. The topological polar surface area (TPSA) is 63.3 Å². The van der Waals surface area contributed by atoms with Crippen LogP contribution in [0, 0.1) is 0 Å². The van der Waals surface area contributed by atoms with Crippen LogP contribution in [0.25, 0.3) is 0 Å². The van der Waals surface area contributed by atoms with Crippen molar-refractivity contribution in [2.75, 3.05) is 6.26 Å². The molecule has 0 heterocycles. The molecule has 60 valence electrons. The number of carboxylic acid groups (broad SMARTS) is 1. The number of carboxylic acids is 1. The van der Waals surface area contributed by atoms with E-state index in [0.29, 0.717) is 6.42 Å². The highest BCUT2D eigenvalue weighted by Crippen LogP contribution is 2.21. The number of carbonyl (C=O) groups is 1. The summed E-state index contributed by atoms with van der Waals surface area (Å²) in [4.78, 5) is 9.42. The van der Waals surface area contributed by atoms with Crippen LogP contribution in [0.3, 0.4) is 0 Å². The van der Waals surface area contributed by atoms with Gasteiger partial charge in [-0.05, 0) is 12.7 Å². The fourth-order valence-corrected chi connectivity index (χ4v) is 1.25. The van der Waals surface area contributed by atoms with Gasteiger partial charge in [-0.2, -0.15) is 0 Å². The summed E-state index contributed by atoms with van der Waals surface area (Å²) >= 11 is 1.18. The van der Waals surface area contributed by atoms with Gasteiger partial charge in [0.2, 0.25) is 0 Å². The van der Waals surface area contributed by atoms with Crippen LogP contribution < -0.4 is 5.73 Å². The first kappa shape index (κ1) is 9.78. The minimum absolute atomic E-state index is 0.517. The van der Waals surface area contributed by atoms with Gasteiger partial charge in [0, 0.05) is 0 Å². The molecule has 10 heavy (non-hydrogen) atoms. The van der Waals surface area contributed by atoms with Gasteiger partial charge in [-0.3, -0.25) is 0 Å². The van der Waals surface area contributed by atoms with E-state index in [0.717, 1.165) is 6.42 Å². The molecule has 0 saturated heterocycles. The number of rotatable bonds is 4. The van der Waals surface area contributed by atoms with Crippen LogP contribution in [-0.2, 0) is 4.79 Å². The van der Waals surface area contributed by atoms with E-state index >= 15 is 0 Å². The summed E-state index contributed by atoms with van der Waals surface area (Å²) in [5, 5.41) is 8.62. The summed E-state index contributed by atoms with van der Waals surface area (Å²) in [5.74, 6) is -0.929. The van der Waals surface area contributed by atoms with Gasteiger partial charge in [0.1, 0.15) is 0 Å². The van der Waals surface area contributed by atoms with Crippen LogP contribution in [0.1, 0.15) is 19.8 Å². The van der Waals surface area contributed by atoms with Crippen molar-refractivity contribution in [2.24, 2.45) is 5.73 Å². The summed E-state index contributed by atoms with van der Waals surface area (Å²) in [6, 6.07) is 0. The molecule has 1 atom stereocenters. The van der Waals surface area contributed by atoms with Crippen molar-refractivity contribution in [2.45, 2.75) is 24.6 Å². The second-order valence-electron chi connectivity index (χ2n) is 2.15. The van der Waals surface area contributed by atoms with E-state index in [1.165, 1.54) is 11.8 Å². The van der Waals surface area contributed by atoms with Gasteiger partial charge in [-0.15, -0.1) is 11.8 Å². The molecule has 0 radical (unpaired) electrons. The molecule has 0 amide bonds. The molecule has 0 aromatic carbocycles. The summed E-state index contributed by atoms with van der Waals surface area (Å²) in [6.07, 6.45) is 3.02. The maximum atomic E-state index is 10.5. The molecule has 0 aliphatic carbocycles. The van der Waals surface area contributed by atoms with Crippen molar-refractivity contribution in [3.8, 4) is 0 Å². The molecule has 3 nitrogen and oxygen atoms in total. The Morgan fingerprint density at radius 3 is 2.40 bits per heavy atom. The first-order chi connectivity index (χ1) is 4.56. The van der Waals surface area contributed by atoms with E-state index in [4.69, 9.17) is 10.8 Å². The standard InChI is InChI=1S/C6H13NO2S/c1-3-4-6(7,10-2)5(8)9/h3-4,7H2,1-2H3,(H,8,9). The molecule has 0 aromatic heterocycles. The number of aliphatic carboxylic acids is 1. The third-order valence-electron chi connectivity index (χ3n) is 1.35. The van der Waals surface area contributed by atoms with Crippen molar-refractivity contribution in [1.82, 2.24) is 0 Å². The largest absolute Gasteiger partial charge is 0.479 e. The van der Waals surface area contributed by atoms with Crippen molar-refractivity contribution in [3.05, 3.63) is 0 Å². The van der Waals surface area contributed by atoms with E-state index in [9.17, 15) is 4.79 Å². The van der Waals surface area contributed by atoms with Gasteiger partial charge >= 0.3 is 5.97 Å². The SMILES string of the molecule is CCCC(N)(SC)C(=O)O. The van der Waals surface area contributed by atoms with Crippen molar-refractivity contribution < 1.29 is 9.90 Å². The van der Waals surface area contributed by atoms with Gasteiger partial charge in [-0.1, -0.05) is 13.3 Å². The zero-order valence-corrected chi connectivity index (χ0v) is 7.07. The third-order valence-corrected chi connectivity index (χ3v) is 2.45. The first-order valence-corrected chi connectivity index (χ1v) is 4.36. The highest BCUT2D eigenvalue weighted by Gasteiger charge is 2.31. The molecule has 0 bridgehead atoms. The second kappa shape index (κ2) is 3.83. The quantitative estimate of drug-likeness (QED) is 0.604. The fraction of sp³-hybridized carbons (Fsp3) is 0.833. The van der Waals surface area contributed by atoms with Crippen LogP contribution in [0.4, 0.5) is 0 Å². The summed E-state index contributed by atoms with van der Waals surface area (Å²) in [7, 11) is 0. The lowest BCUT2D eigenvalue weighted by molar-refractivity contribution is -0.139. The summed E-state index contributed by atoms with van der Waals surface area (Å²) < 4.78 is 0. The Kier molecular flexibility index (Phi) is 3.75. The number of nitrogens with two attached hydrogens (primary N) is 1. The lowest BCUT2D eigenvalue weighted by Crippen LogP contribution is -2.44. The molecule has 4 heteroatoms. The Morgan fingerprint density at radius 2 is 2.30 bits per heavy atom. The minimum atomic E-state index is -1.07. The highest BCUT2D eigenvalue weighted by molar-refractivity contribution is 8.00. The van der Waals surface area contributed by atoms with E-state index < -0.39 is 10.8 Å². The van der Waals surface area contributed by atoms with Gasteiger partial charge in [0.25, 0.3) is 0 Å². The van der Waals surface area contributed by atoms with Crippen molar-refractivity contribution in [3.63, 3.8) is 0 Å². The lowest BCUT2D eigenvalue weighted by atomic mass is 10.2. The molecule has 0 aromatic rings. The van der Waals surface area contributed by atoms with Crippen LogP contribution in [0.5, 0.6) is 0 Å². The normalized spacial score (nSPS) is 16.3. The molecule has 0 fully saturated rings. The molecular weight excluding hydrogens is 150 g/mol. The Balaban J connectivity index is 4.08. The Morgan fingerprint density at radius 1 is 1.80 bits per heavy atom. The second-order valence-corrected chi connectivity index (χ2v) is 3.29. The average molecular weight is 163 g/mol. The highest BCUT2D eigenvalue weighted by atomic mass is 32.2. The summed E-state index contributed by atoms with van der Waals surface area (Å²) in [5.41, 5.74) is 5.51. The zero-order valence-electron chi connectivity index (χ0n) is 6.26. The maximum Gasteiger partial charge on any atom is 0.334 e. The predicted octanol–water partition coefficient (Wildman–Crippen LogP) is 0.889. The Bertz CT molecular complexity index is 129. The van der Waals surface area contributed by atoms with E-state index in [-0.39, 0.29) is 0 Å². The van der Waals surface area contributed by atoms with Crippen LogP contribution in [-0.4, -0.2) is 22.2 Å². The molecule has 3 N–H and O–H groups in total. The van der Waals surface area contributed by atoms with Crippen molar-refractivity contribution in [1.29, 1.82) is 0 Å². The van der Waals surface area contributed by atoms with E-state index in [2.05, 4.69) is 0 Å². The minimum Gasteiger partial charge on any atom is -0.479 e. The molecule has 0 saturated carbocycles. The van der Waals surface area contributed by atoms with Gasteiger partial charge in [0.15, 0.2) is 4.87 Å². The summed E-state index contributed by atoms with van der Waals surface area (Å²) in [6.45, 7) is 1.92. The third kappa shape index (κ3) is 2.19. The van der Waals surface area contributed by atoms with E-state index in [1.807, 2.05) is 6.92 Å². The number of hydrogen-bond donors (Lipinski definition) is 2. The van der Waals surface area contributed by atoms with Gasteiger partial charge in [-0.25, -0.2) is 4.79 Å². The maximum absolute atomic E-state index is 10.5. The Labute approximate surface area is 65.0 Å². The molecule has 0 spiro atoms.